The molecule has 2 heterocycles. The van der Waals surface area contributed by atoms with Gasteiger partial charge in [0.15, 0.2) is 0 Å². The Morgan fingerprint density at radius 2 is 1.81 bits per heavy atom. The Kier molecular flexibility index (Phi) is 6.05. The number of carbonyl (C=O) groups is 1. The summed E-state index contributed by atoms with van der Waals surface area (Å²) < 4.78 is 15.6. The number of hydrogen-bond donors (Lipinski definition) is 1. The normalized spacial score (nSPS) is 10.7. The third-order valence-electron chi connectivity index (χ3n) is 2.97. The molecule has 0 saturated heterocycles. The van der Waals surface area contributed by atoms with E-state index in [0.29, 0.717) is 26.2 Å². The van der Waals surface area contributed by atoms with Crippen molar-refractivity contribution in [1.82, 2.24) is 10.2 Å². The molecule has 0 aliphatic heterocycles. The lowest BCUT2D eigenvalue weighted by molar-refractivity contribution is -0.132. The minimum absolute atomic E-state index is 0.0149. The van der Waals surface area contributed by atoms with Gasteiger partial charge in [0.2, 0.25) is 5.91 Å². The van der Waals surface area contributed by atoms with Crippen LogP contribution in [0.2, 0.25) is 0 Å². The molecule has 0 unspecified atom stereocenters. The minimum atomic E-state index is -0.0149. The number of nitrogens with one attached hydrogen (secondary N) is 1. The molecule has 2 aromatic rings. The highest BCUT2D eigenvalue weighted by Crippen LogP contribution is 2.11. The van der Waals surface area contributed by atoms with Crippen LogP contribution in [0.25, 0.3) is 0 Å². The van der Waals surface area contributed by atoms with Crippen molar-refractivity contribution in [3.63, 3.8) is 0 Å². The number of methoxy groups -OCH3 is 1. The summed E-state index contributed by atoms with van der Waals surface area (Å²) >= 11 is 0. The van der Waals surface area contributed by atoms with Crippen LogP contribution in [0.1, 0.15) is 11.5 Å². The van der Waals surface area contributed by atoms with Crippen molar-refractivity contribution < 1.29 is 18.4 Å². The third-order valence-corrected chi connectivity index (χ3v) is 2.97. The second-order valence-corrected chi connectivity index (χ2v) is 4.58. The van der Waals surface area contributed by atoms with E-state index >= 15 is 0 Å². The number of furan rings is 2. The molecule has 0 saturated carbocycles. The molecule has 0 spiro atoms. The van der Waals surface area contributed by atoms with Gasteiger partial charge in [0.05, 0.1) is 38.8 Å². The molecule has 0 aromatic carbocycles. The number of ether oxygens (including phenoxy) is 1. The van der Waals surface area contributed by atoms with Crippen LogP contribution in [0.15, 0.2) is 45.6 Å². The molecule has 2 aromatic heterocycles. The maximum absolute atomic E-state index is 12.3. The number of rotatable bonds is 9. The predicted octanol–water partition coefficient (Wildman–Crippen LogP) is 1.64. The van der Waals surface area contributed by atoms with Gasteiger partial charge in [-0.25, -0.2) is 0 Å². The highest BCUT2D eigenvalue weighted by Gasteiger charge is 2.16. The first kappa shape index (κ1) is 15.3. The average Bonchev–Trinajstić information content (AvgIpc) is 3.16. The second kappa shape index (κ2) is 8.28. The van der Waals surface area contributed by atoms with E-state index in [1.54, 1.807) is 24.5 Å². The van der Waals surface area contributed by atoms with E-state index in [4.69, 9.17) is 13.6 Å². The van der Waals surface area contributed by atoms with Crippen LogP contribution < -0.4 is 5.32 Å². The summed E-state index contributed by atoms with van der Waals surface area (Å²) in [4.78, 5) is 14.0. The van der Waals surface area contributed by atoms with E-state index in [2.05, 4.69) is 5.32 Å². The molecular formula is C15H20N2O4. The molecule has 0 fully saturated rings. The van der Waals surface area contributed by atoms with Crippen LogP contribution in [0.5, 0.6) is 0 Å². The standard InChI is InChI=1S/C15H20N2O4/c1-19-9-6-16-10-15(18)17(11-13-4-2-7-20-13)12-14-5-3-8-21-14/h2-5,7-8,16H,6,9-12H2,1H3. The summed E-state index contributed by atoms with van der Waals surface area (Å²) in [6, 6.07) is 7.31. The molecule has 0 radical (unpaired) electrons. The van der Waals surface area contributed by atoms with Crippen molar-refractivity contribution in [1.29, 1.82) is 0 Å². The molecule has 0 aliphatic carbocycles. The molecule has 2 rings (SSSR count). The van der Waals surface area contributed by atoms with Gasteiger partial charge in [-0.05, 0) is 24.3 Å². The van der Waals surface area contributed by atoms with E-state index in [1.165, 1.54) is 0 Å². The van der Waals surface area contributed by atoms with Crippen molar-refractivity contribution in [3.8, 4) is 0 Å². The van der Waals surface area contributed by atoms with Crippen LogP contribution >= 0.6 is 0 Å². The smallest absolute Gasteiger partial charge is 0.237 e. The molecule has 6 heteroatoms. The van der Waals surface area contributed by atoms with Gasteiger partial charge in [0, 0.05) is 13.7 Å². The lowest BCUT2D eigenvalue weighted by Crippen LogP contribution is -2.38. The molecule has 0 bridgehead atoms. The molecule has 6 nitrogen and oxygen atoms in total. The number of amides is 1. The topological polar surface area (TPSA) is 67.8 Å². The van der Waals surface area contributed by atoms with E-state index in [9.17, 15) is 4.79 Å². The van der Waals surface area contributed by atoms with Crippen LogP contribution in [-0.2, 0) is 22.6 Å². The largest absolute Gasteiger partial charge is 0.467 e. The first-order valence-electron chi connectivity index (χ1n) is 6.82. The van der Waals surface area contributed by atoms with Gasteiger partial charge in [-0.3, -0.25) is 4.79 Å². The van der Waals surface area contributed by atoms with Gasteiger partial charge in [0.1, 0.15) is 11.5 Å². The highest BCUT2D eigenvalue weighted by molar-refractivity contribution is 5.78. The fraction of sp³-hybridized carbons (Fsp3) is 0.400. The van der Waals surface area contributed by atoms with E-state index in [0.717, 1.165) is 11.5 Å². The lowest BCUT2D eigenvalue weighted by atomic mass is 10.3. The molecule has 0 aliphatic rings. The summed E-state index contributed by atoms with van der Waals surface area (Å²) in [7, 11) is 1.63. The zero-order valence-electron chi connectivity index (χ0n) is 12.1. The van der Waals surface area contributed by atoms with Gasteiger partial charge in [0.25, 0.3) is 0 Å². The van der Waals surface area contributed by atoms with Crippen molar-refractivity contribution in [2.75, 3.05) is 26.8 Å². The Hall–Kier alpha value is -2.05. The maximum atomic E-state index is 12.3. The lowest BCUT2D eigenvalue weighted by Gasteiger charge is -2.20. The highest BCUT2D eigenvalue weighted by atomic mass is 16.5. The monoisotopic (exact) mass is 292 g/mol. The molecular weight excluding hydrogens is 272 g/mol. The first-order valence-corrected chi connectivity index (χ1v) is 6.82. The average molecular weight is 292 g/mol. The van der Waals surface area contributed by atoms with Crippen LogP contribution in [-0.4, -0.2) is 37.6 Å². The summed E-state index contributed by atoms with van der Waals surface area (Å²) in [5, 5.41) is 3.05. The Bertz CT molecular complexity index is 472. The number of nitrogens with zero attached hydrogens (tertiary/aromatic N) is 1. The van der Waals surface area contributed by atoms with Gasteiger partial charge >= 0.3 is 0 Å². The summed E-state index contributed by atoms with van der Waals surface area (Å²) in [5.74, 6) is 1.47. The first-order chi connectivity index (χ1) is 10.3. The Morgan fingerprint density at radius 3 is 2.29 bits per heavy atom. The SMILES string of the molecule is COCCNCC(=O)N(Cc1ccco1)Cc1ccco1. The van der Waals surface area contributed by atoms with Crippen LogP contribution in [0.4, 0.5) is 0 Å². The quantitative estimate of drug-likeness (QED) is 0.712. The van der Waals surface area contributed by atoms with Gasteiger partial charge in [-0.2, -0.15) is 0 Å². The second-order valence-electron chi connectivity index (χ2n) is 4.58. The third kappa shape index (κ3) is 5.09. The zero-order valence-corrected chi connectivity index (χ0v) is 12.1. The Balaban J connectivity index is 1.92. The fourth-order valence-electron chi connectivity index (χ4n) is 1.89. The van der Waals surface area contributed by atoms with Crippen LogP contribution in [0, 0.1) is 0 Å². The van der Waals surface area contributed by atoms with E-state index < -0.39 is 0 Å². The maximum Gasteiger partial charge on any atom is 0.237 e. The molecule has 0 atom stereocenters. The Labute approximate surface area is 123 Å². The molecule has 1 amide bonds. The minimum Gasteiger partial charge on any atom is -0.467 e. The van der Waals surface area contributed by atoms with Crippen molar-refractivity contribution in [2.45, 2.75) is 13.1 Å². The van der Waals surface area contributed by atoms with Gasteiger partial charge < -0.3 is 23.8 Å². The van der Waals surface area contributed by atoms with Crippen molar-refractivity contribution >= 4 is 5.91 Å². The van der Waals surface area contributed by atoms with Gasteiger partial charge in [-0.1, -0.05) is 0 Å². The molecule has 21 heavy (non-hydrogen) atoms. The molecule has 114 valence electrons. The predicted molar refractivity (Wildman–Crippen MR) is 76.4 cm³/mol. The van der Waals surface area contributed by atoms with Gasteiger partial charge in [-0.15, -0.1) is 0 Å². The number of hydrogen-bond acceptors (Lipinski definition) is 5. The Morgan fingerprint density at radius 1 is 1.19 bits per heavy atom. The van der Waals surface area contributed by atoms with E-state index in [1.807, 2.05) is 24.3 Å². The fourth-order valence-corrected chi connectivity index (χ4v) is 1.89. The van der Waals surface area contributed by atoms with Crippen LogP contribution in [0.3, 0.4) is 0 Å². The molecule has 1 N–H and O–H groups in total. The summed E-state index contributed by atoms with van der Waals surface area (Å²) in [5.41, 5.74) is 0. The number of carbonyl (C=O) groups excluding carboxylic acids is 1. The summed E-state index contributed by atoms with van der Waals surface area (Å²) in [6.07, 6.45) is 3.20. The van der Waals surface area contributed by atoms with Crippen molar-refractivity contribution in [2.24, 2.45) is 0 Å². The zero-order chi connectivity index (χ0) is 14.9. The summed E-state index contributed by atoms with van der Waals surface area (Å²) in [6.45, 7) is 2.29. The van der Waals surface area contributed by atoms with E-state index in [-0.39, 0.29) is 12.5 Å². The van der Waals surface area contributed by atoms with Crippen molar-refractivity contribution in [3.05, 3.63) is 48.3 Å².